The fraction of sp³-hybridized carbons (Fsp3) is 0.394. The van der Waals surface area contributed by atoms with Gasteiger partial charge >= 0.3 is 5.97 Å². The lowest BCUT2D eigenvalue weighted by Crippen LogP contribution is -2.47. The smallest absolute Gasteiger partial charge is 0.330 e. The van der Waals surface area contributed by atoms with Gasteiger partial charge in [0, 0.05) is 62.1 Å². The van der Waals surface area contributed by atoms with Gasteiger partial charge in [0.1, 0.15) is 11.6 Å². The zero-order chi connectivity index (χ0) is 34.3. The molecular weight excluding hydrogens is 701 g/mol. The maximum atomic E-state index is 14.2. The topological polar surface area (TPSA) is 141 Å². The molecule has 5 N–H and O–H groups in total. The van der Waals surface area contributed by atoms with E-state index >= 15 is 0 Å². The average Bonchev–Trinajstić information content (AvgIpc) is 3.07. The number of rotatable bonds is 18. The van der Waals surface area contributed by atoms with Crippen LogP contribution in [0.15, 0.2) is 70.2 Å². The van der Waals surface area contributed by atoms with Crippen molar-refractivity contribution >= 4 is 62.9 Å². The molecule has 258 valence electrons. The molecule has 0 unspecified atom stereocenters. The van der Waals surface area contributed by atoms with E-state index in [1.54, 1.807) is 24.2 Å². The van der Waals surface area contributed by atoms with Gasteiger partial charge in [-0.2, -0.15) is 4.98 Å². The number of nitrogens with two attached hydrogens (primary N) is 1. The molecule has 0 spiro atoms. The number of amides is 1. The van der Waals surface area contributed by atoms with Crippen molar-refractivity contribution in [1.82, 2.24) is 29.4 Å². The summed E-state index contributed by atoms with van der Waals surface area (Å²) in [5, 5.41) is 6.14. The van der Waals surface area contributed by atoms with Crippen LogP contribution in [0, 0.1) is 5.82 Å². The quantitative estimate of drug-likeness (QED) is 0.0626. The summed E-state index contributed by atoms with van der Waals surface area (Å²) in [5.74, 6) is -1.23. The van der Waals surface area contributed by atoms with Gasteiger partial charge in [-0.1, -0.05) is 12.1 Å². The number of carbonyl (C=O) groups excluding carboxylic acids is 2. The van der Waals surface area contributed by atoms with Crippen molar-refractivity contribution in [2.75, 3.05) is 83.7 Å². The molecular formula is C33H43BrFN9O3S. The lowest BCUT2D eigenvalue weighted by Gasteiger charge is -2.35. The first-order valence-corrected chi connectivity index (χ1v) is 17.3. The summed E-state index contributed by atoms with van der Waals surface area (Å²) in [4.78, 5) is 40.1. The van der Waals surface area contributed by atoms with E-state index < -0.39 is 11.7 Å². The van der Waals surface area contributed by atoms with Gasteiger partial charge in [-0.3, -0.25) is 9.52 Å². The number of halogens is 2. The van der Waals surface area contributed by atoms with Crippen LogP contribution >= 0.6 is 27.9 Å². The van der Waals surface area contributed by atoms with Crippen molar-refractivity contribution in [2.45, 2.75) is 17.7 Å². The Hall–Kier alpha value is -3.60. The minimum absolute atomic E-state index is 0.208. The number of carbonyl (C=O) groups is 2. The third-order valence-corrected chi connectivity index (χ3v) is 9.10. The van der Waals surface area contributed by atoms with Gasteiger partial charge in [-0.25, -0.2) is 14.2 Å². The summed E-state index contributed by atoms with van der Waals surface area (Å²) >= 11 is 4.99. The van der Waals surface area contributed by atoms with Crippen molar-refractivity contribution in [3.8, 4) is 0 Å². The molecule has 12 nitrogen and oxygen atoms in total. The normalized spacial score (nSPS) is 14.0. The Morgan fingerprint density at radius 2 is 1.79 bits per heavy atom. The zero-order valence-corrected chi connectivity index (χ0v) is 29.7. The van der Waals surface area contributed by atoms with E-state index in [4.69, 9.17) is 5.73 Å². The maximum absolute atomic E-state index is 14.2. The number of primary amides is 1. The number of nitrogens with one attached hydrogen (secondary N) is 3. The number of benzene rings is 2. The molecule has 1 aliphatic heterocycles. The van der Waals surface area contributed by atoms with Crippen LogP contribution in [0.2, 0.25) is 0 Å². The minimum atomic E-state index is -0.877. The summed E-state index contributed by atoms with van der Waals surface area (Å²) < 4.78 is 22.8. The van der Waals surface area contributed by atoms with E-state index in [0.29, 0.717) is 16.2 Å². The Bertz CT molecular complexity index is 1520. The fourth-order valence-electron chi connectivity index (χ4n) is 5.05. The van der Waals surface area contributed by atoms with Crippen LogP contribution in [0.5, 0.6) is 0 Å². The summed E-state index contributed by atoms with van der Waals surface area (Å²) in [7, 11) is 3.45. The molecule has 48 heavy (non-hydrogen) atoms. The molecule has 0 saturated carbocycles. The van der Waals surface area contributed by atoms with Gasteiger partial charge in [0.2, 0.25) is 5.95 Å². The number of methoxy groups -OCH3 is 1. The second-order valence-electron chi connectivity index (χ2n) is 11.3. The van der Waals surface area contributed by atoms with Crippen molar-refractivity contribution in [1.29, 1.82) is 0 Å². The molecule has 0 radical (unpaired) electrons. The highest BCUT2D eigenvalue weighted by atomic mass is 79.9. The van der Waals surface area contributed by atoms with E-state index in [9.17, 15) is 14.0 Å². The van der Waals surface area contributed by atoms with Crippen LogP contribution in [0.25, 0.3) is 0 Å². The molecule has 15 heteroatoms. The number of nitrogens with zero attached hydrogens (tertiary/aromatic N) is 5. The van der Waals surface area contributed by atoms with Crippen molar-refractivity contribution in [3.63, 3.8) is 0 Å². The molecule has 1 aromatic heterocycles. The SMILES string of the molecule is COC(=O)/C=C/CN(C)CCCN1CCN(CCCNSc2ccc(Nc3ncc(Br)c(Nc4cccc(F)c4C(N)=O)n3)cc2)CC1. The van der Waals surface area contributed by atoms with E-state index in [-0.39, 0.29) is 17.2 Å². The molecule has 1 aliphatic rings. The second kappa shape index (κ2) is 19.4. The Morgan fingerprint density at radius 3 is 2.48 bits per heavy atom. The van der Waals surface area contributed by atoms with Crippen LogP contribution in [-0.2, 0) is 9.53 Å². The predicted octanol–water partition coefficient (Wildman–Crippen LogP) is 4.62. The van der Waals surface area contributed by atoms with Gasteiger partial charge in [0.15, 0.2) is 0 Å². The monoisotopic (exact) mass is 743 g/mol. The molecule has 0 bridgehead atoms. The van der Waals surface area contributed by atoms with Crippen molar-refractivity contribution in [2.24, 2.45) is 5.73 Å². The molecule has 1 fully saturated rings. The largest absolute Gasteiger partial charge is 0.466 e. The van der Waals surface area contributed by atoms with E-state index in [1.165, 1.54) is 25.3 Å². The number of aromatic nitrogens is 2. The first-order valence-electron chi connectivity index (χ1n) is 15.7. The molecule has 2 heterocycles. The van der Waals surface area contributed by atoms with Crippen LogP contribution in [0.3, 0.4) is 0 Å². The molecule has 0 atom stereocenters. The number of likely N-dealkylation sites (N-methyl/N-ethyl adjacent to an activating group) is 1. The van der Waals surface area contributed by atoms with Crippen LogP contribution in [-0.4, -0.2) is 110 Å². The molecule has 1 amide bonds. The van der Waals surface area contributed by atoms with Crippen LogP contribution in [0.1, 0.15) is 23.2 Å². The highest BCUT2D eigenvalue weighted by Gasteiger charge is 2.17. The van der Waals surface area contributed by atoms with E-state index in [2.05, 4.69) is 67.7 Å². The van der Waals surface area contributed by atoms with Gasteiger partial charge < -0.3 is 35.8 Å². The van der Waals surface area contributed by atoms with Crippen molar-refractivity contribution < 1.29 is 18.7 Å². The third-order valence-electron chi connectivity index (χ3n) is 7.66. The lowest BCUT2D eigenvalue weighted by molar-refractivity contribution is -0.134. The maximum Gasteiger partial charge on any atom is 0.330 e. The standard InChI is InChI=1S/C33H43BrFN9O3S/c1-42(15-4-9-29(45)47-2)16-6-18-44-21-19-43(20-22-44)17-5-14-38-48-25-12-10-24(11-13-25)39-33-37-23-26(34)32(41-33)40-28-8-3-7-27(35)30(28)31(36)46/h3-4,7-13,23,38H,5-6,14-22H2,1-2H3,(H2,36,46)(H2,37,39,40,41)/b9-4+. The zero-order valence-electron chi connectivity index (χ0n) is 27.3. The highest BCUT2D eigenvalue weighted by molar-refractivity contribution is 9.10. The summed E-state index contributed by atoms with van der Waals surface area (Å²) in [5.41, 5.74) is 6.14. The predicted molar refractivity (Wildman–Crippen MR) is 192 cm³/mol. The van der Waals surface area contributed by atoms with Gasteiger partial charge in [-0.05, 0) is 104 Å². The van der Waals surface area contributed by atoms with Gasteiger partial charge in [-0.15, -0.1) is 0 Å². The first kappa shape index (κ1) is 37.2. The number of anilines is 4. The number of piperazine rings is 1. The van der Waals surface area contributed by atoms with E-state index in [0.717, 1.165) is 82.3 Å². The Labute approximate surface area is 293 Å². The summed E-state index contributed by atoms with van der Waals surface area (Å²) in [6, 6.07) is 12.1. The molecule has 0 aliphatic carbocycles. The highest BCUT2D eigenvalue weighted by Crippen LogP contribution is 2.28. The first-order chi connectivity index (χ1) is 23.2. The fourth-order valence-corrected chi connectivity index (χ4v) is 6.03. The lowest BCUT2D eigenvalue weighted by atomic mass is 10.1. The third kappa shape index (κ3) is 12.1. The van der Waals surface area contributed by atoms with Crippen LogP contribution < -0.4 is 21.1 Å². The minimum Gasteiger partial charge on any atom is -0.466 e. The summed E-state index contributed by atoms with van der Waals surface area (Å²) in [6.07, 6.45) is 7.06. The second-order valence-corrected chi connectivity index (χ2v) is 13.1. The Kier molecular flexibility index (Phi) is 15.1. The van der Waals surface area contributed by atoms with Crippen LogP contribution in [0.4, 0.5) is 27.5 Å². The van der Waals surface area contributed by atoms with Crippen molar-refractivity contribution in [3.05, 3.63) is 76.7 Å². The number of ether oxygens (including phenoxy) is 1. The van der Waals surface area contributed by atoms with Gasteiger partial charge in [0.05, 0.1) is 22.8 Å². The number of hydrogen-bond donors (Lipinski definition) is 4. The molecule has 1 saturated heterocycles. The molecule has 3 aromatic rings. The molecule has 4 rings (SSSR count). The Balaban J connectivity index is 1.11. The average molecular weight is 745 g/mol. The number of esters is 1. The Morgan fingerprint density at radius 1 is 1.08 bits per heavy atom. The summed E-state index contributed by atoms with van der Waals surface area (Å²) in [6.45, 7) is 9.20. The number of hydrogen-bond acceptors (Lipinski definition) is 12. The molecule has 2 aromatic carbocycles. The van der Waals surface area contributed by atoms with E-state index in [1.807, 2.05) is 30.3 Å². The van der Waals surface area contributed by atoms with Gasteiger partial charge in [0.25, 0.3) is 5.91 Å².